The Morgan fingerprint density at radius 2 is 1.13 bits per heavy atom. The zero-order chi connectivity index (χ0) is 28.8. The number of hydrogen-bond donors (Lipinski definition) is 1. The van der Waals surface area contributed by atoms with Crippen LogP contribution in [-0.4, -0.2) is 48.6 Å². The molecule has 0 spiro atoms. The standard InChI is InChI=1S/C12H12ClNO2S.C12H13NO3S.Cl2OS/c1-8-3-10-4-9(6-13)5-11(17(2,15)16)12(10)14-7-8;1-8-3-10-4-9(7-14)5-11(17(2,15)16)12(10)13-6-8;1-4(2)3/h3-5,7H,6H2,1-2H3;3-6,14H,7H2,1-2H3;. The fraction of sp³-hybridized carbons (Fsp3) is 0.250. The third-order valence-corrected chi connectivity index (χ3v) is 7.55. The molecule has 0 saturated heterocycles. The Morgan fingerprint density at radius 3 is 1.47 bits per heavy atom. The number of aliphatic hydroxyl groups excluding tert-OH is 1. The summed E-state index contributed by atoms with van der Waals surface area (Å²) in [4.78, 5) is 8.77. The average molecular weight is 640 g/mol. The summed E-state index contributed by atoms with van der Waals surface area (Å²) in [6.45, 7) is 3.62. The number of hydrogen-bond acceptors (Lipinski definition) is 8. The molecule has 8 nitrogen and oxygen atoms in total. The van der Waals surface area contributed by atoms with E-state index >= 15 is 0 Å². The molecule has 38 heavy (non-hydrogen) atoms. The summed E-state index contributed by atoms with van der Waals surface area (Å²) in [7, 11) is 0.714. The van der Waals surface area contributed by atoms with E-state index in [-0.39, 0.29) is 22.3 Å². The second-order valence-electron chi connectivity index (χ2n) is 8.38. The van der Waals surface area contributed by atoms with Crippen molar-refractivity contribution in [3.63, 3.8) is 0 Å². The molecular weight excluding hydrogens is 615 g/mol. The van der Waals surface area contributed by atoms with Crippen LogP contribution in [0.25, 0.3) is 21.8 Å². The Hall–Kier alpha value is -1.86. The van der Waals surface area contributed by atoms with Crippen molar-refractivity contribution in [1.82, 2.24) is 9.97 Å². The molecule has 206 valence electrons. The van der Waals surface area contributed by atoms with Gasteiger partial charge in [0, 0.05) is 62.9 Å². The number of aryl methyl sites for hydroxylation is 2. The van der Waals surface area contributed by atoms with Crippen LogP contribution in [0.4, 0.5) is 0 Å². The van der Waals surface area contributed by atoms with Crippen LogP contribution in [0.2, 0.25) is 0 Å². The lowest BCUT2D eigenvalue weighted by atomic mass is 10.1. The highest BCUT2D eigenvalue weighted by Crippen LogP contribution is 2.25. The van der Waals surface area contributed by atoms with Crippen LogP contribution in [0.3, 0.4) is 0 Å². The lowest BCUT2D eigenvalue weighted by Gasteiger charge is -2.07. The van der Waals surface area contributed by atoms with E-state index in [0.29, 0.717) is 16.6 Å². The van der Waals surface area contributed by atoms with E-state index in [9.17, 15) is 16.8 Å². The summed E-state index contributed by atoms with van der Waals surface area (Å²) in [5.41, 5.74) is 4.26. The van der Waals surface area contributed by atoms with E-state index in [1.165, 1.54) is 12.3 Å². The van der Waals surface area contributed by atoms with E-state index in [0.717, 1.165) is 33.7 Å². The molecule has 0 saturated carbocycles. The fourth-order valence-corrected chi connectivity index (χ4v) is 5.43. The largest absolute Gasteiger partial charge is 0.392 e. The van der Waals surface area contributed by atoms with Gasteiger partial charge in [0.1, 0.15) is 0 Å². The minimum atomic E-state index is -3.35. The maximum atomic E-state index is 11.7. The monoisotopic (exact) mass is 638 g/mol. The molecule has 4 rings (SSSR count). The first-order chi connectivity index (χ1) is 17.6. The molecule has 14 heteroatoms. The molecular formula is C24H25Cl3N2O6S3. The predicted molar refractivity (Wildman–Crippen MR) is 155 cm³/mol. The number of benzene rings is 2. The Morgan fingerprint density at radius 1 is 0.763 bits per heavy atom. The molecule has 0 radical (unpaired) electrons. The summed E-state index contributed by atoms with van der Waals surface area (Å²) >= 11 is 5.77. The predicted octanol–water partition coefficient (Wildman–Crippen LogP) is 5.17. The topological polar surface area (TPSA) is 131 Å². The molecule has 0 aliphatic rings. The van der Waals surface area contributed by atoms with Crippen LogP contribution in [0.5, 0.6) is 0 Å². The van der Waals surface area contributed by atoms with Gasteiger partial charge in [-0.15, -0.1) is 11.6 Å². The molecule has 2 heterocycles. The van der Waals surface area contributed by atoms with Gasteiger partial charge in [0.05, 0.1) is 27.4 Å². The van der Waals surface area contributed by atoms with Crippen LogP contribution >= 0.6 is 33.0 Å². The van der Waals surface area contributed by atoms with Gasteiger partial charge in [-0.05, 0) is 72.5 Å². The van der Waals surface area contributed by atoms with Gasteiger partial charge in [-0.1, -0.05) is 0 Å². The van der Waals surface area contributed by atoms with E-state index < -0.39 is 28.9 Å². The number of fused-ring (bicyclic) bond motifs is 2. The quantitative estimate of drug-likeness (QED) is 0.239. The van der Waals surface area contributed by atoms with Gasteiger partial charge in [0.2, 0.25) is 9.23 Å². The number of sulfone groups is 2. The zero-order valence-electron chi connectivity index (χ0n) is 20.8. The Labute approximate surface area is 238 Å². The van der Waals surface area contributed by atoms with Crippen LogP contribution in [0, 0.1) is 13.8 Å². The summed E-state index contributed by atoms with van der Waals surface area (Å²) < 4.78 is 55.9. The van der Waals surface area contributed by atoms with Gasteiger partial charge in [-0.3, -0.25) is 9.97 Å². The summed E-state index contributed by atoms with van der Waals surface area (Å²) in [6.07, 6.45) is 5.62. The summed E-state index contributed by atoms with van der Waals surface area (Å²) in [6, 6.07) is 10.5. The Kier molecular flexibility index (Phi) is 11.5. The maximum absolute atomic E-state index is 11.7. The minimum Gasteiger partial charge on any atom is -0.392 e. The van der Waals surface area contributed by atoms with Crippen molar-refractivity contribution in [3.8, 4) is 0 Å². The third-order valence-electron chi connectivity index (χ3n) is 5.03. The van der Waals surface area contributed by atoms with Crippen LogP contribution in [-0.2, 0) is 41.4 Å². The molecule has 0 unspecified atom stereocenters. The van der Waals surface area contributed by atoms with Crippen molar-refractivity contribution in [2.24, 2.45) is 0 Å². The SMILES string of the molecule is Cc1cnc2c(S(C)(=O)=O)cc(CCl)cc2c1.Cc1cnc2c(S(C)(=O)=O)cc(CO)cc2c1.O=S(Cl)Cl. The Bertz CT molecular complexity index is 1590. The molecule has 0 bridgehead atoms. The third kappa shape index (κ3) is 9.11. The van der Waals surface area contributed by atoms with Crippen LogP contribution in [0.1, 0.15) is 22.3 Å². The summed E-state index contributed by atoms with van der Waals surface area (Å²) in [5, 5.41) is 10.7. The first-order valence-electron chi connectivity index (χ1n) is 10.7. The highest BCUT2D eigenvalue weighted by Gasteiger charge is 2.15. The van der Waals surface area contributed by atoms with Crippen molar-refractivity contribution in [2.45, 2.75) is 36.1 Å². The molecule has 0 fully saturated rings. The Balaban J connectivity index is 0.000000234. The van der Waals surface area contributed by atoms with Crippen molar-refractivity contribution in [3.05, 3.63) is 71.0 Å². The van der Waals surface area contributed by atoms with Gasteiger partial charge in [-0.2, -0.15) is 0 Å². The molecule has 0 atom stereocenters. The number of halogens is 3. The molecule has 1 N–H and O–H groups in total. The first kappa shape index (κ1) is 32.4. The van der Waals surface area contributed by atoms with Gasteiger partial charge in [0.15, 0.2) is 19.7 Å². The molecule has 0 aliphatic carbocycles. The van der Waals surface area contributed by atoms with Crippen LogP contribution < -0.4 is 0 Å². The molecule has 2 aromatic carbocycles. The van der Waals surface area contributed by atoms with E-state index in [2.05, 4.69) is 31.3 Å². The van der Waals surface area contributed by atoms with E-state index in [1.807, 2.05) is 32.0 Å². The van der Waals surface area contributed by atoms with Gasteiger partial charge in [-0.25, -0.2) is 21.0 Å². The second kappa shape index (κ2) is 13.5. The number of alkyl halides is 1. The lowest BCUT2D eigenvalue weighted by Crippen LogP contribution is -2.01. The van der Waals surface area contributed by atoms with Crippen LogP contribution in [0.15, 0.2) is 58.6 Å². The highest BCUT2D eigenvalue weighted by atomic mass is 36.0. The molecule has 4 aromatic rings. The van der Waals surface area contributed by atoms with Gasteiger partial charge < -0.3 is 5.11 Å². The van der Waals surface area contributed by atoms with Crippen molar-refractivity contribution in [1.29, 1.82) is 0 Å². The maximum Gasteiger partial charge on any atom is 0.211 e. The number of nitrogens with zero attached hydrogens (tertiary/aromatic N) is 2. The van der Waals surface area contributed by atoms with E-state index in [4.69, 9.17) is 20.9 Å². The van der Waals surface area contributed by atoms with Gasteiger partial charge >= 0.3 is 0 Å². The minimum absolute atomic E-state index is 0.166. The molecule has 0 aliphatic heterocycles. The fourth-order valence-electron chi connectivity index (χ4n) is 3.51. The van der Waals surface area contributed by atoms with Crippen molar-refractivity contribution >= 4 is 83.7 Å². The zero-order valence-corrected chi connectivity index (χ0v) is 25.5. The molecule has 2 aromatic heterocycles. The van der Waals surface area contributed by atoms with Crippen molar-refractivity contribution < 1.29 is 26.2 Å². The van der Waals surface area contributed by atoms with Gasteiger partial charge in [0.25, 0.3) is 0 Å². The van der Waals surface area contributed by atoms with Crippen molar-refractivity contribution in [2.75, 3.05) is 12.5 Å². The average Bonchev–Trinajstić information content (AvgIpc) is 2.81. The van der Waals surface area contributed by atoms with E-state index in [1.54, 1.807) is 24.5 Å². The smallest absolute Gasteiger partial charge is 0.211 e. The molecule has 0 amide bonds. The summed E-state index contributed by atoms with van der Waals surface area (Å²) in [5.74, 6) is 0.284. The number of rotatable bonds is 4. The second-order valence-corrected chi connectivity index (χ2v) is 15.1. The number of aromatic nitrogens is 2. The number of aliphatic hydroxyl groups is 1. The lowest BCUT2D eigenvalue weighted by molar-refractivity contribution is 0.281. The highest BCUT2D eigenvalue weighted by molar-refractivity contribution is 8.26. The normalized spacial score (nSPS) is 11.6. The first-order valence-corrected chi connectivity index (χ1v) is 17.8. The number of pyridine rings is 2.